The average molecular weight is 318 g/mol. The lowest BCUT2D eigenvalue weighted by molar-refractivity contribution is 0.0682. The fraction of sp³-hybridized carbons (Fsp3) is 0.462. The van der Waals surface area contributed by atoms with Crippen LogP contribution in [-0.2, 0) is 0 Å². The van der Waals surface area contributed by atoms with Crippen LogP contribution in [0, 0.1) is 17.6 Å². The number of benzene rings is 1. The van der Waals surface area contributed by atoms with Gasteiger partial charge >= 0.3 is 0 Å². The van der Waals surface area contributed by atoms with Crippen molar-refractivity contribution in [3.05, 3.63) is 33.8 Å². The van der Waals surface area contributed by atoms with Crippen LogP contribution in [0.4, 0.5) is 8.78 Å². The Hall–Kier alpha value is -0.970. The van der Waals surface area contributed by atoms with Crippen molar-refractivity contribution in [1.82, 2.24) is 4.90 Å². The van der Waals surface area contributed by atoms with Gasteiger partial charge in [-0.2, -0.15) is 0 Å². The van der Waals surface area contributed by atoms with Crippen molar-refractivity contribution in [1.29, 1.82) is 0 Å². The van der Waals surface area contributed by atoms with E-state index in [1.165, 1.54) is 6.07 Å². The summed E-state index contributed by atoms with van der Waals surface area (Å²) in [5.74, 6) is -1.74. The first-order chi connectivity index (χ1) is 8.49. The molecule has 0 aromatic heterocycles. The third kappa shape index (κ3) is 2.71. The molecule has 5 heteroatoms. The fourth-order valence-electron chi connectivity index (χ4n) is 2.24. The van der Waals surface area contributed by atoms with E-state index >= 15 is 0 Å². The molecule has 1 fully saturated rings. The zero-order chi connectivity index (χ0) is 13.3. The van der Waals surface area contributed by atoms with Crippen LogP contribution in [0.15, 0.2) is 16.6 Å². The second-order valence-electron chi connectivity index (χ2n) is 4.75. The predicted octanol–water partition coefficient (Wildman–Crippen LogP) is 3.60. The molecule has 0 spiro atoms. The summed E-state index contributed by atoms with van der Waals surface area (Å²) in [6.45, 7) is 3.44. The number of rotatable bonds is 1. The van der Waals surface area contributed by atoms with Crippen LogP contribution in [0.1, 0.15) is 30.1 Å². The van der Waals surface area contributed by atoms with Crippen molar-refractivity contribution in [2.24, 2.45) is 5.92 Å². The predicted molar refractivity (Wildman–Crippen MR) is 68.4 cm³/mol. The second kappa shape index (κ2) is 5.34. The number of amides is 1. The Morgan fingerprint density at radius 1 is 1.44 bits per heavy atom. The van der Waals surface area contributed by atoms with Crippen LogP contribution in [0.2, 0.25) is 0 Å². The number of piperidine rings is 1. The van der Waals surface area contributed by atoms with Gasteiger partial charge in [0.25, 0.3) is 5.91 Å². The summed E-state index contributed by atoms with van der Waals surface area (Å²) < 4.78 is 26.4. The molecular formula is C13H14BrF2NO. The number of carbonyl (C=O) groups is 1. The SMILES string of the molecule is CC1CCCN(C(=O)c2cc(F)c(F)c(Br)c2)C1. The first kappa shape index (κ1) is 13.5. The molecule has 18 heavy (non-hydrogen) atoms. The Bertz CT molecular complexity index is 455. The quantitative estimate of drug-likeness (QED) is 0.725. The summed E-state index contributed by atoms with van der Waals surface area (Å²) in [5, 5.41) is 0. The standard InChI is InChI=1S/C13H14BrF2NO/c1-8-3-2-4-17(7-8)13(18)9-5-10(14)12(16)11(15)6-9/h5-6,8H,2-4,7H2,1H3. The monoisotopic (exact) mass is 317 g/mol. The van der Waals surface area contributed by atoms with Crippen molar-refractivity contribution in [3.63, 3.8) is 0 Å². The minimum absolute atomic E-state index is 0.0177. The zero-order valence-electron chi connectivity index (χ0n) is 10.0. The lowest BCUT2D eigenvalue weighted by Crippen LogP contribution is -2.39. The lowest BCUT2D eigenvalue weighted by Gasteiger charge is -2.31. The molecule has 1 aromatic rings. The van der Waals surface area contributed by atoms with E-state index in [1.54, 1.807) is 4.90 Å². The Kier molecular flexibility index (Phi) is 4.00. The third-order valence-corrected chi connectivity index (χ3v) is 3.75. The first-order valence-corrected chi connectivity index (χ1v) is 6.72. The Morgan fingerprint density at radius 2 is 2.17 bits per heavy atom. The third-order valence-electron chi connectivity index (χ3n) is 3.17. The molecule has 1 unspecified atom stereocenters. The molecular weight excluding hydrogens is 304 g/mol. The topological polar surface area (TPSA) is 20.3 Å². The highest BCUT2D eigenvalue weighted by Gasteiger charge is 2.23. The number of halogens is 3. The molecule has 1 saturated heterocycles. The van der Waals surface area contributed by atoms with Gasteiger partial charge in [0.1, 0.15) is 0 Å². The van der Waals surface area contributed by atoms with Gasteiger partial charge in [0.15, 0.2) is 11.6 Å². The molecule has 98 valence electrons. The molecule has 1 aliphatic heterocycles. The smallest absolute Gasteiger partial charge is 0.254 e. The van der Waals surface area contributed by atoms with Gasteiger partial charge in [-0.15, -0.1) is 0 Å². The Labute approximate surface area is 113 Å². The van der Waals surface area contributed by atoms with Crippen LogP contribution in [0.3, 0.4) is 0 Å². The van der Waals surface area contributed by atoms with Crippen molar-refractivity contribution >= 4 is 21.8 Å². The van der Waals surface area contributed by atoms with E-state index in [9.17, 15) is 13.6 Å². The van der Waals surface area contributed by atoms with Crippen LogP contribution in [-0.4, -0.2) is 23.9 Å². The fourth-order valence-corrected chi connectivity index (χ4v) is 2.67. The molecule has 1 amide bonds. The van der Waals surface area contributed by atoms with Gasteiger partial charge in [-0.1, -0.05) is 6.92 Å². The molecule has 0 N–H and O–H groups in total. The minimum atomic E-state index is -1.00. The van der Waals surface area contributed by atoms with Crippen LogP contribution in [0.25, 0.3) is 0 Å². The van der Waals surface area contributed by atoms with E-state index in [4.69, 9.17) is 0 Å². The van der Waals surface area contributed by atoms with Crippen LogP contribution >= 0.6 is 15.9 Å². The molecule has 1 heterocycles. The summed E-state index contributed by atoms with van der Waals surface area (Å²) in [6, 6.07) is 2.29. The number of hydrogen-bond acceptors (Lipinski definition) is 1. The average Bonchev–Trinajstić information content (AvgIpc) is 2.34. The maximum absolute atomic E-state index is 13.3. The molecule has 2 nitrogen and oxygen atoms in total. The zero-order valence-corrected chi connectivity index (χ0v) is 11.6. The summed E-state index contributed by atoms with van der Waals surface area (Å²) in [7, 11) is 0. The summed E-state index contributed by atoms with van der Waals surface area (Å²) in [5.41, 5.74) is 0.190. The maximum atomic E-state index is 13.3. The van der Waals surface area contributed by atoms with Crippen LogP contribution < -0.4 is 0 Å². The number of likely N-dealkylation sites (tertiary alicyclic amines) is 1. The lowest BCUT2D eigenvalue weighted by atomic mass is 9.99. The molecule has 1 aliphatic rings. The molecule has 0 saturated carbocycles. The van der Waals surface area contributed by atoms with Crippen molar-refractivity contribution in [2.45, 2.75) is 19.8 Å². The maximum Gasteiger partial charge on any atom is 0.254 e. The Balaban J connectivity index is 2.23. The molecule has 0 bridgehead atoms. The van der Waals surface area contributed by atoms with E-state index in [-0.39, 0.29) is 15.9 Å². The second-order valence-corrected chi connectivity index (χ2v) is 5.61. The number of hydrogen-bond donors (Lipinski definition) is 0. The van der Waals surface area contributed by atoms with E-state index in [0.717, 1.165) is 18.9 Å². The van der Waals surface area contributed by atoms with Crippen molar-refractivity contribution < 1.29 is 13.6 Å². The van der Waals surface area contributed by atoms with Gasteiger partial charge in [-0.3, -0.25) is 4.79 Å². The van der Waals surface area contributed by atoms with Gasteiger partial charge in [-0.05, 0) is 46.8 Å². The van der Waals surface area contributed by atoms with Crippen LogP contribution in [0.5, 0.6) is 0 Å². The highest BCUT2D eigenvalue weighted by Crippen LogP contribution is 2.23. The number of carbonyl (C=O) groups excluding carboxylic acids is 1. The summed E-state index contributed by atoms with van der Waals surface area (Å²) in [4.78, 5) is 13.9. The van der Waals surface area contributed by atoms with E-state index < -0.39 is 11.6 Å². The molecule has 0 radical (unpaired) electrons. The summed E-state index contributed by atoms with van der Waals surface area (Å²) in [6.07, 6.45) is 2.06. The highest BCUT2D eigenvalue weighted by molar-refractivity contribution is 9.10. The summed E-state index contributed by atoms with van der Waals surface area (Å²) >= 11 is 2.92. The van der Waals surface area contributed by atoms with Gasteiger partial charge in [0, 0.05) is 18.7 Å². The van der Waals surface area contributed by atoms with Gasteiger partial charge in [-0.25, -0.2) is 8.78 Å². The minimum Gasteiger partial charge on any atom is -0.338 e. The first-order valence-electron chi connectivity index (χ1n) is 5.93. The largest absolute Gasteiger partial charge is 0.338 e. The molecule has 0 aliphatic carbocycles. The molecule has 2 rings (SSSR count). The number of nitrogens with zero attached hydrogens (tertiary/aromatic N) is 1. The van der Waals surface area contributed by atoms with E-state index in [1.807, 2.05) is 0 Å². The van der Waals surface area contributed by atoms with Gasteiger partial charge in [0.2, 0.25) is 0 Å². The van der Waals surface area contributed by atoms with E-state index in [2.05, 4.69) is 22.9 Å². The van der Waals surface area contributed by atoms with Crippen molar-refractivity contribution in [2.75, 3.05) is 13.1 Å². The molecule has 1 aromatic carbocycles. The normalized spacial score (nSPS) is 20.0. The highest BCUT2D eigenvalue weighted by atomic mass is 79.9. The Morgan fingerprint density at radius 3 is 2.78 bits per heavy atom. The molecule has 1 atom stereocenters. The van der Waals surface area contributed by atoms with Gasteiger partial charge in [0.05, 0.1) is 4.47 Å². The van der Waals surface area contributed by atoms with E-state index in [0.29, 0.717) is 19.0 Å². The van der Waals surface area contributed by atoms with Gasteiger partial charge < -0.3 is 4.90 Å². The van der Waals surface area contributed by atoms with Crippen molar-refractivity contribution in [3.8, 4) is 0 Å².